The second-order valence-corrected chi connectivity index (χ2v) is 5.26. The molecule has 0 unspecified atom stereocenters. The standard InChI is InChI=1S/C15H22FNO2/c1-5-6-14(18)17-10-15(2,3)11-7-8-13(19-4)12(16)9-11/h7-9H,5-6,10H2,1-4H3,(H,17,18). The highest BCUT2D eigenvalue weighted by Crippen LogP contribution is 2.27. The Hall–Kier alpha value is -1.58. The van der Waals surface area contributed by atoms with Crippen molar-refractivity contribution in [2.75, 3.05) is 13.7 Å². The molecule has 0 heterocycles. The molecule has 19 heavy (non-hydrogen) atoms. The fraction of sp³-hybridized carbons (Fsp3) is 0.533. The van der Waals surface area contributed by atoms with Gasteiger partial charge in [-0.2, -0.15) is 0 Å². The molecule has 0 saturated carbocycles. The molecule has 1 amide bonds. The predicted octanol–water partition coefficient (Wildman–Crippen LogP) is 3.03. The second-order valence-electron chi connectivity index (χ2n) is 5.26. The minimum Gasteiger partial charge on any atom is -0.494 e. The maximum Gasteiger partial charge on any atom is 0.220 e. The van der Waals surface area contributed by atoms with Crippen LogP contribution >= 0.6 is 0 Å². The molecular formula is C15H22FNO2. The topological polar surface area (TPSA) is 38.3 Å². The summed E-state index contributed by atoms with van der Waals surface area (Å²) < 4.78 is 18.6. The first-order valence-corrected chi connectivity index (χ1v) is 6.51. The molecule has 0 aliphatic carbocycles. The van der Waals surface area contributed by atoms with E-state index in [9.17, 15) is 9.18 Å². The minimum absolute atomic E-state index is 0.0320. The average Bonchev–Trinajstić information content (AvgIpc) is 2.37. The highest BCUT2D eigenvalue weighted by Gasteiger charge is 2.22. The van der Waals surface area contributed by atoms with Gasteiger partial charge in [-0.3, -0.25) is 4.79 Å². The normalized spacial score (nSPS) is 11.2. The third-order valence-corrected chi connectivity index (χ3v) is 3.14. The number of halogens is 1. The Bertz CT molecular complexity index is 444. The fourth-order valence-electron chi connectivity index (χ4n) is 1.82. The lowest BCUT2D eigenvalue weighted by Crippen LogP contribution is -2.36. The van der Waals surface area contributed by atoms with Crippen molar-refractivity contribution in [1.29, 1.82) is 0 Å². The molecule has 1 aromatic carbocycles. The maximum atomic E-state index is 13.7. The molecule has 0 atom stereocenters. The van der Waals surface area contributed by atoms with Crippen molar-refractivity contribution >= 4 is 5.91 Å². The Labute approximate surface area is 114 Å². The molecule has 0 aliphatic heterocycles. The first-order chi connectivity index (χ1) is 8.90. The van der Waals surface area contributed by atoms with Crippen molar-refractivity contribution in [3.8, 4) is 5.75 Å². The second kappa shape index (κ2) is 6.55. The SMILES string of the molecule is CCCC(=O)NCC(C)(C)c1ccc(OC)c(F)c1. The van der Waals surface area contributed by atoms with Crippen LogP contribution in [-0.4, -0.2) is 19.6 Å². The Morgan fingerprint density at radius 2 is 2.11 bits per heavy atom. The van der Waals surface area contributed by atoms with E-state index < -0.39 is 0 Å². The van der Waals surface area contributed by atoms with Gasteiger partial charge in [-0.25, -0.2) is 4.39 Å². The summed E-state index contributed by atoms with van der Waals surface area (Å²) in [6.45, 7) is 6.39. The molecule has 0 saturated heterocycles. The summed E-state index contributed by atoms with van der Waals surface area (Å²) in [4.78, 5) is 11.5. The number of carbonyl (C=O) groups is 1. The van der Waals surface area contributed by atoms with Crippen molar-refractivity contribution in [2.45, 2.75) is 39.0 Å². The maximum absolute atomic E-state index is 13.7. The highest BCUT2D eigenvalue weighted by atomic mass is 19.1. The fourth-order valence-corrected chi connectivity index (χ4v) is 1.82. The van der Waals surface area contributed by atoms with Gasteiger partial charge in [-0.1, -0.05) is 26.8 Å². The van der Waals surface area contributed by atoms with Gasteiger partial charge in [0.05, 0.1) is 7.11 Å². The third-order valence-electron chi connectivity index (χ3n) is 3.14. The molecule has 0 bridgehead atoms. The van der Waals surface area contributed by atoms with Gasteiger partial charge in [-0.05, 0) is 24.1 Å². The Morgan fingerprint density at radius 1 is 1.42 bits per heavy atom. The van der Waals surface area contributed by atoms with Crippen LogP contribution in [0.2, 0.25) is 0 Å². The summed E-state index contributed by atoms with van der Waals surface area (Å²) >= 11 is 0. The van der Waals surface area contributed by atoms with Crippen LogP contribution in [0.1, 0.15) is 39.2 Å². The van der Waals surface area contributed by atoms with E-state index in [1.165, 1.54) is 13.2 Å². The molecule has 1 rings (SSSR count). The lowest BCUT2D eigenvalue weighted by Gasteiger charge is -2.26. The molecule has 0 fully saturated rings. The van der Waals surface area contributed by atoms with Crippen LogP contribution in [0.25, 0.3) is 0 Å². The minimum atomic E-state index is -0.382. The first-order valence-electron chi connectivity index (χ1n) is 6.51. The highest BCUT2D eigenvalue weighted by molar-refractivity contribution is 5.75. The monoisotopic (exact) mass is 267 g/mol. The molecule has 3 nitrogen and oxygen atoms in total. The lowest BCUT2D eigenvalue weighted by molar-refractivity contribution is -0.121. The number of hydrogen-bond acceptors (Lipinski definition) is 2. The smallest absolute Gasteiger partial charge is 0.220 e. The zero-order chi connectivity index (χ0) is 14.5. The summed E-state index contributed by atoms with van der Waals surface area (Å²) in [5, 5.41) is 2.88. The summed E-state index contributed by atoms with van der Waals surface area (Å²) in [6.07, 6.45) is 1.34. The zero-order valence-electron chi connectivity index (χ0n) is 12.0. The van der Waals surface area contributed by atoms with Gasteiger partial charge in [0.2, 0.25) is 5.91 Å². The number of ether oxygens (including phenoxy) is 1. The zero-order valence-corrected chi connectivity index (χ0v) is 12.0. The largest absolute Gasteiger partial charge is 0.494 e. The Morgan fingerprint density at radius 3 is 2.63 bits per heavy atom. The number of amides is 1. The molecule has 0 aromatic heterocycles. The van der Waals surface area contributed by atoms with Gasteiger partial charge in [0.15, 0.2) is 11.6 Å². The van der Waals surface area contributed by atoms with Crippen LogP contribution in [0.15, 0.2) is 18.2 Å². The molecule has 1 aromatic rings. The first kappa shape index (κ1) is 15.5. The van der Waals surface area contributed by atoms with Gasteiger partial charge < -0.3 is 10.1 Å². The van der Waals surface area contributed by atoms with E-state index in [1.54, 1.807) is 6.07 Å². The van der Waals surface area contributed by atoms with E-state index in [0.29, 0.717) is 13.0 Å². The van der Waals surface area contributed by atoms with E-state index in [1.807, 2.05) is 26.8 Å². The van der Waals surface area contributed by atoms with E-state index in [-0.39, 0.29) is 22.9 Å². The van der Waals surface area contributed by atoms with Gasteiger partial charge in [0.25, 0.3) is 0 Å². The van der Waals surface area contributed by atoms with E-state index >= 15 is 0 Å². The summed E-state index contributed by atoms with van der Waals surface area (Å²) in [7, 11) is 1.44. The number of nitrogens with one attached hydrogen (secondary N) is 1. The molecule has 0 radical (unpaired) electrons. The van der Waals surface area contributed by atoms with Gasteiger partial charge in [-0.15, -0.1) is 0 Å². The summed E-state index contributed by atoms with van der Waals surface area (Å²) in [5.74, 6) is -0.118. The van der Waals surface area contributed by atoms with Crippen molar-refractivity contribution in [3.63, 3.8) is 0 Å². The van der Waals surface area contributed by atoms with Crippen molar-refractivity contribution in [1.82, 2.24) is 5.32 Å². The molecule has 1 N–H and O–H groups in total. The number of methoxy groups -OCH3 is 1. The van der Waals surface area contributed by atoms with Crippen LogP contribution < -0.4 is 10.1 Å². The van der Waals surface area contributed by atoms with Crippen LogP contribution in [0, 0.1) is 5.82 Å². The number of hydrogen-bond donors (Lipinski definition) is 1. The van der Waals surface area contributed by atoms with Gasteiger partial charge in [0.1, 0.15) is 0 Å². The molecule has 0 spiro atoms. The molecule has 0 aliphatic rings. The summed E-state index contributed by atoms with van der Waals surface area (Å²) in [6, 6.07) is 4.90. The van der Waals surface area contributed by atoms with E-state index in [0.717, 1.165) is 12.0 Å². The van der Waals surface area contributed by atoms with Crippen molar-refractivity contribution in [3.05, 3.63) is 29.6 Å². The van der Waals surface area contributed by atoms with E-state index in [2.05, 4.69) is 5.32 Å². The van der Waals surface area contributed by atoms with Crippen LogP contribution in [0.5, 0.6) is 5.75 Å². The average molecular weight is 267 g/mol. The Balaban J connectivity index is 2.76. The lowest BCUT2D eigenvalue weighted by atomic mass is 9.84. The number of benzene rings is 1. The third kappa shape index (κ3) is 4.23. The van der Waals surface area contributed by atoms with E-state index in [4.69, 9.17) is 4.74 Å². The number of rotatable bonds is 6. The molecule has 106 valence electrons. The van der Waals surface area contributed by atoms with Gasteiger partial charge >= 0.3 is 0 Å². The Kier molecular flexibility index (Phi) is 5.33. The summed E-state index contributed by atoms with van der Waals surface area (Å²) in [5.41, 5.74) is 0.513. The van der Waals surface area contributed by atoms with Crippen LogP contribution in [0.3, 0.4) is 0 Å². The van der Waals surface area contributed by atoms with Crippen LogP contribution in [-0.2, 0) is 10.2 Å². The van der Waals surface area contributed by atoms with Crippen LogP contribution in [0.4, 0.5) is 4.39 Å². The quantitative estimate of drug-likeness (QED) is 0.860. The van der Waals surface area contributed by atoms with Crippen molar-refractivity contribution < 1.29 is 13.9 Å². The predicted molar refractivity (Wildman–Crippen MR) is 73.9 cm³/mol. The molecular weight excluding hydrogens is 245 g/mol. The number of carbonyl (C=O) groups excluding carboxylic acids is 1. The van der Waals surface area contributed by atoms with Gasteiger partial charge in [0, 0.05) is 18.4 Å². The van der Waals surface area contributed by atoms with Crippen molar-refractivity contribution in [2.24, 2.45) is 0 Å². The molecule has 4 heteroatoms.